The Morgan fingerprint density at radius 1 is 0.695 bits per heavy atom. The van der Waals surface area contributed by atoms with Crippen molar-refractivity contribution in [2.45, 2.75) is 38.5 Å². The number of hydrogen-bond donors (Lipinski definition) is 0. The molecule has 0 saturated heterocycles. The Morgan fingerprint density at radius 2 is 1.37 bits per heavy atom. The number of aromatic nitrogens is 4. The summed E-state index contributed by atoms with van der Waals surface area (Å²) in [6.07, 6.45) is 4.77. The molecule has 0 fully saturated rings. The van der Waals surface area contributed by atoms with Crippen LogP contribution in [0.3, 0.4) is 0 Å². The van der Waals surface area contributed by atoms with Gasteiger partial charge in [-0.25, -0.2) is 4.98 Å². The highest BCUT2D eigenvalue weighted by Gasteiger charge is 2.29. The van der Waals surface area contributed by atoms with E-state index in [-0.39, 0.29) is 33.4 Å². The van der Waals surface area contributed by atoms with Crippen LogP contribution in [0, 0.1) is 6.33 Å². The molecule has 1 aliphatic carbocycles. The Hall–Kier alpha value is -7.24. The monoisotopic (exact) mass is 774 g/mol. The molecule has 59 heavy (non-hydrogen) atoms. The van der Waals surface area contributed by atoms with Gasteiger partial charge in [0.15, 0.2) is 0 Å². The quantitative estimate of drug-likeness (QED) is 0.119. The van der Waals surface area contributed by atoms with E-state index < -0.39 is 66.8 Å². The number of benzene rings is 7. The van der Waals surface area contributed by atoms with Gasteiger partial charge in [0.1, 0.15) is 17.3 Å². The standard InChI is InChI=1S/C54H42N4O/c1-54(2)31-15-20-39-35-55-52(34-47(39)54)58-48-26-10-9-23-45(48)46-30-29-42(33-51(46)58)59-41-22-13-21-40(32-41)56-36-57(50-28-12-11-27-49(50)56)53-43(37-16-5-3-6-17-37)24-14-25-44(53)38-18-7-4-8-19-38/h3-14,16-19,21-30,32-35H,15,20,31H2,1-2H3/i3D,4D,5D,6D,7D,8D,16D,17D,18D,19D,20D2. The van der Waals surface area contributed by atoms with Gasteiger partial charge < -0.3 is 4.74 Å². The van der Waals surface area contributed by atoms with E-state index in [2.05, 4.69) is 30.8 Å². The number of para-hydroxylation sites is 4. The molecule has 10 aromatic rings. The molecular weight excluding hydrogens is 721 g/mol. The molecule has 3 heterocycles. The lowest BCUT2D eigenvalue weighted by Gasteiger charge is -2.32. The number of nitrogens with zero attached hydrogens (tertiary/aromatic N) is 4. The fourth-order valence-corrected chi connectivity index (χ4v) is 8.37. The van der Waals surface area contributed by atoms with Crippen molar-refractivity contribution in [2.24, 2.45) is 0 Å². The van der Waals surface area contributed by atoms with Crippen LogP contribution in [0.25, 0.3) is 72.3 Å². The van der Waals surface area contributed by atoms with Crippen molar-refractivity contribution in [1.82, 2.24) is 14.1 Å². The highest BCUT2D eigenvalue weighted by molar-refractivity contribution is 6.09. The van der Waals surface area contributed by atoms with E-state index in [1.165, 1.54) is 0 Å². The maximum atomic E-state index is 9.01. The normalized spacial score (nSPS) is 17.3. The topological polar surface area (TPSA) is 35.9 Å². The molecule has 0 saturated carbocycles. The van der Waals surface area contributed by atoms with Gasteiger partial charge in [0.2, 0.25) is 0 Å². The third-order valence-electron chi connectivity index (χ3n) is 11.2. The van der Waals surface area contributed by atoms with E-state index in [0.717, 1.165) is 27.4 Å². The lowest BCUT2D eigenvalue weighted by Crippen LogP contribution is -2.31. The predicted octanol–water partition coefficient (Wildman–Crippen LogP) is 12.9. The summed E-state index contributed by atoms with van der Waals surface area (Å²) in [7, 11) is 0. The molecule has 5 heteroatoms. The van der Waals surface area contributed by atoms with E-state index in [9.17, 15) is 0 Å². The van der Waals surface area contributed by atoms with Gasteiger partial charge in [0.25, 0.3) is 6.33 Å². The Balaban J connectivity index is 1.07. The minimum atomic E-state index is -1.48. The largest absolute Gasteiger partial charge is 0.458 e. The summed E-state index contributed by atoms with van der Waals surface area (Å²) in [5, 5.41) is 2.01. The van der Waals surface area contributed by atoms with Crippen molar-refractivity contribution in [3.63, 3.8) is 0 Å². The SMILES string of the molecule is [2H]c1c([2H])c([2H])c(-c2cccc(-c3c([2H])c([2H])c([2H])c([2H])c3[2H])c2-[n+]2[c-]n(-c3cccc(Oc4ccc5c6ccccc6n(-c6cc7c(cn6)C([2H])([2H])CCC7(C)C)c5c4)c3)c3ccccc32)c([2H])c1[2H]. The van der Waals surface area contributed by atoms with Gasteiger partial charge in [-0.15, -0.1) is 0 Å². The number of fused-ring (bicyclic) bond motifs is 5. The Labute approximate surface area is 360 Å². The van der Waals surface area contributed by atoms with Crippen LogP contribution < -0.4 is 9.30 Å². The molecule has 0 atom stereocenters. The van der Waals surface area contributed by atoms with Crippen molar-refractivity contribution in [1.29, 1.82) is 0 Å². The zero-order chi connectivity index (χ0) is 50.0. The van der Waals surface area contributed by atoms with Crippen LogP contribution >= 0.6 is 0 Å². The summed E-state index contributed by atoms with van der Waals surface area (Å²) < 4.78 is 117. The van der Waals surface area contributed by atoms with E-state index in [1.807, 2.05) is 91.0 Å². The van der Waals surface area contributed by atoms with Gasteiger partial charge in [-0.2, -0.15) is 0 Å². The molecular formula is C54H42N4O. The first-order chi connectivity index (χ1) is 33.9. The molecule has 0 spiro atoms. The predicted molar refractivity (Wildman–Crippen MR) is 239 cm³/mol. The van der Waals surface area contributed by atoms with Crippen molar-refractivity contribution in [3.8, 4) is 50.9 Å². The molecule has 0 radical (unpaired) electrons. The second-order valence-electron chi connectivity index (χ2n) is 15.2. The van der Waals surface area contributed by atoms with E-state index in [0.29, 0.717) is 52.4 Å². The first-order valence-corrected chi connectivity index (χ1v) is 19.4. The number of hydrogen-bond acceptors (Lipinski definition) is 2. The fourth-order valence-electron chi connectivity index (χ4n) is 8.37. The number of pyridine rings is 1. The van der Waals surface area contributed by atoms with Crippen molar-refractivity contribution < 1.29 is 25.8 Å². The third kappa shape index (κ3) is 6.01. The lowest BCUT2D eigenvalue weighted by molar-refractivity contribution is -0.571. The van der Waals surface area contributed by atoms with Crippen LogP contribution in [0.15, 0.2) is 182 Å². The molecule has 0 amide bonds. The zero-order valence-electron chi connectivity index (χ0n) is 44.2. The molecule has 3 aromatic heterocycles. The summed E-state index contributed by atoms with van der Waals surface area (Å²) in [5.74, 6) is 1.70. The van der Waals surface area contributed by atoms with Crippen LogP contribution in [0.2, 0.25) is 0 Å². The van der Waals surface area contributed by atoms with Gasteiger partial charge in [-0.05, 0) is 100 Å². The van der Waals surface area contributed by atoms with E-state index in [4.69, 9.17) is 26.2 Å². The van der Waals surface area contributed by atoms with E-state index >= 15 is 0 Å². The number of imidazole rings is 1. The summed E-state index contributed by atoms with van der Waals surface area (Å²) >= 11 is 0. The first kappa shape index (κ1) is 24.5. The highest BCUT2D eigenvalue weighted by Crippen LogP contribution is 2.40. The maximum Gasteiger partial charge on any atom is 0.269 e. The van der Waals surface area contributed by atoms with Crippen LogP contribution in [0.5, 0.6) is 11.5 Å². The zero-order valence-corrected chi connectivity index (χ0v) is 32.2. The Bertz CT molecular complexity index is 3750. The number of ether oxygens (including phenoxy) is 1. The van der Waals surface area contributed by atoms with Crippen LogP contribution in [-0.4, -0.2) is 14.1 Å². The molecule has 11 rings (SSSR count). The van der Waals surface area contributed by atoms with Gasteiger partial charge in [-0.3, -0.25) is 13.7 Å². The molecule has 5 nitrogen and oxygen atoms in total. The Kier molecular flexibility index (Phi) is 5.82. The van der Waals surface area contributed by atoms with Crippen molar-refractivity contribution in [2.75, 3.05) is 0 Å². The summed E-state index contributed by atoms with van der Waals surface area (Å²) in [6.45, 7) is 4.30. The smallest absolute Gasteiger partial charge is 0.269 e. The van der Waals surface area contributed by atoms with E-state index in [1.54, 1.807) is 33.5 Å². The summed E-state index contributed by atoms with van der Waals surface area (Å²) in [6, 6.07) is 30.2. The third-order valence-corrected chi connectivity index (χ3v) is 11.2. The van der Waals surface area contributed by atoms with Gasteiger partial charge in [0, 0.05) is 25.8 Å². The van der Waals surface area contributed by atoms with Gasteiger partial charge >= 0.3 is 0 Å². The minimum Gasteiger partial charge on any atom is -0.458 e. The van der Waals surface area contributed by atoms with Crippen LogP contribution in [-0.2, 0) is 11.8 Å². The fraction of sp³-hybridized carbons (Fsp3) is 0.111. The summed E-state index contributed by atoms with van der Waals surface area (Å²) in [4.78, 5) is 4.88. The molecule has 0 aliphatic heterocycles. The molecule has 0 N–H and O–H groups in total. The minimum absolute atomic E-state index is 0.140. The molecule has 7 aromatic carbocycles. The second kappa shape index (κ2) is 14.0. The van der Waals surface area contributed by atoms with Crippen molar-refractivity contribution in [3.05, 3.63) is 199 Å². The number of rotatable bonds is 7. The molecule has 0 bridgehead atoms. The maximum absolute atomic E-state index is 9.01. The number of aryl methyl sites for hydroxylation is 1. The Morgan fingerprint density at radius 3 is 2.15 bits per heavy atom. The average Bonchev–Trinajstić information content (AvgIpc) is 3.91. The first-order valence-electron chi connectivity index (χ1n) is 25.4. The highest BCUT2D eigenvalue weighted by atomic mass is 16.5. The second-order valence-corrected chi connectivity index (χ2v) is 15.2. The lowest BCUT2D eigenvalue weighted by atomic mass is 9.73. The van der Waals surface area contributed by atoms with Gasteiger partial charge in [0.05, 0.1) is 47.1 Å². The van der Waals surface area contributed by atoms with Crippen molar-refractivity contribution >= 4 is 32.8 Å². The van der Waals surface area contributed by atoms with Crippen LogP contribution in [0.4, 0.5) is 0 Å². The average molecular weight is 775 g/mol. The van der Waals surface area contributed by atoms with Crippen LogP contribution in [0.1, 0.15) is 54.3 Å². The molecule has 0 unspecified atom stereocenters. The molecule has 284 valence electrons. The molecule has 1 aliphatic rings. The summed E-state index contributed by atoms with van der Waals surface area (Å²) in [5.41, 5.74) is 5.07. The van der Waals surface area contributed by atoms with Gasteiger partial charge in [-0.1, -0.05) is 141 Å².